The first kappa shape index (κ1) is 10.4. The fourth-order valence-corrected chi connectivity index (χ4v) is 3.24. The lowest BCUT2D eigenvalue weighted by molar-refractivity contribution is 0.139. The van der Waals surface area contributed by atoms with E-state index >= 15 is 0 Å². The summed E-state index contributed by atoms with van der Waals surface area (Å²) in [5.74, 6) is 1.82. The molecule has 0 aromatic rings. The van der Waals surface area contributed by atoms with Gasteiger partial charge in [0.1, 0.15) is 0 Å². The minimum atomic E-state index is 0.514. The summed E-state index contributed by atoms with van der Waals surface area (Å²) in [7, 11) is 0. The van der Waals surface area contributed by atoms with E-state index in [1.54, 1.807) is 0 Å². The van der Waals surface area contributed by atoms with Crippen molar-refractivity contribution in [1.29, 1.82) is 0 Å². The van der Waals surface area contributed by atoms with Gasteiger partial charge in [-0.15, -0.1) is 0 Å². The zero-order valence-electron chi connectivity index (χ0n) is 9.58. The molecule has 2 unspecified atom stereocenters. The largest absolute Gasteiger partial charge is 0.328 e. The van der Waals surface area contributed by atoms with Crippen molar-refractivity contribution >= 4 is 0 Å². The van der Waals surface area contributed by atoms with Gasteiger partial charge in [0.25, 0.3) is 0 Å². The molecule has 14 heavy (non-hydrogen) atoms. The molecule has 0 amide bonds. The van der Waals surface area contributed by atoms with E-state index < -0.39 is 0 Å². The summed E-state index contributed by atoms with van der Waals surface area (Å²) in [6.45, 7) is 7.37. The number of hydrogen-bond donors (Lipinski definition) is 1. The van der Waals surface area contributed by atoms with Crippen molar-refractivity contribution in [2.75, 3.05) is 13.1 Å². The van der Waals surface area contributed by atoms with Crippen molar-refractivity contribution < 1.29 is 0 Å². The molecule has 2 N–H and O–H groups in total. The van der Waals surface area contributed by atoms with E-state index in [1.165, 1.54) is 38.8 Å². The van der Waals surface area contributed by atoms with Crippen LogP contribution in [0.25, 0.3) is 0 Å². The molecule has 0 aromatic heterocycles. The third kappa shape index (κ3) is 1.96. The monoisotopic (exact) mass is 196 g/mol. The molecule has 2 nitrogen and oxygen atoms in total. The van der Waals surface area contributed by atoms with Crippen LogP contribution in [0.5, 0.6) is 0 Å². The predicted octanol–water partition coefficient (Wildman–Crippen LogP) is 1.84. The Hall–Kier alpha value is -0.0800. The van der Waals surface area contributed by atoms with Gasteiger partial charge in [-0.05, 0) is 44.1 Å². The topological polar surface area (TPSA) is 29.3 Å². The maximum Gasteiger partial charge on any atom is 0.0119 e. The number of likely N-dealkylation sites (tertiary alicyclic amines) is 1. The highest BCUT2D eigenvalue weighted by atomic mass is 15.2. The molecule has 1 heterocycles. The van der Waals surface area contributed by atoms with Crippen molar-refractivity contribution in [3.63, 3.8) is 0 Å². The minimum absolute atomic E-state index is 0.514. The van der Waals surface area contributed by atoms with Crippen molar-refractivity contribution in [2.24, 2.45) is 17.6 Å². The molecule has 1 aliphatic heterocycles. The normalized spacial score (nSPS) is 43.9. The maximum absolute atomic E-state index is 5.82. The van der Waals surface area contributed by atoms with Gasteiger partial charge in [0, 0.05) is 18.6 Å². The van der Waals surface area contributed by atoms with Crippen LogP contribution in [-0.4, -0.2) is 30.1 Å². The van der Waals surface area contributed by atoms with Crippen LogP contribution in [0.3, 0.4) is 0 Å². The Balaban J connectivity index is 1.80. The molecular formula is C12H24N2. The van der Waals surface area contributed by atoms with Crippen molar-refractivity contribution in [3.8, 4) is 0 Å². The van der Waals surface area contributed by atoms with Crippen LogP contribution < -0.4 is 5.73 Å². The van der Waals surface area contributed by atoms with E-state index in [-0.39, 0.29) is 0 Å². The summed E-state index contributed by atoms with van der Waals surface area (Å²) >= 11 is 0. The van der Waals surface area contributed by atoms with E-state index in [2.05, 4.69) is 18.7 Å². The van der Waals surface area contributed by atoms with Crippen LogP contribution in [0.2, 0.25) is 0 Å². The summed E-state index contributed by atoms with van der Waals surface area (Å²) in [5.41, 5.74) is 5.82. The van der Waals surface area contributed by atoms with Gasteiger partial charge in [-0.3, -0.25) is 4.90 Å². The summed E-state index contributed by atoms with van der Waals surface area (Å²) in [6, 6.07) is 1.37. The van der Waals surface area contributed by atoms with Gasteiger partial charge in [0.15, 0.2) is 0 Å². The van der Waals surface area contributed by atoms with Crippen LogP contribution >= 0.6 is 0 Å². The van der Waals surface area contributed by atoms with E-state index in [9.17, 15) is 0 Å². The molecule has 0 aromatic carbocycles. The van der Waals surface area contributed by atoms with Crippen LogP contribution in [-0.2, 0) is 0 Å². The highest BCUT2D eigenvalue weighted by molar-refractivity contribution is 4.89. The first-order valence-electron chi connectivity index (χ1n) is 6.20. The fourth-order valence-electron chi connectivity index (χ4n) is 3.24. The molecular weight excluding hydrogens is 172 g/mol. The number of hydrogen-bond acceptors (Lipinski definition) is 2. The molecule has 2 rings (SSSR count). The number of rotatable bonds is 3. The van der Waals surface area contributed by atoms with E-state index in [4.69, 9.17) is 5.73 Å². The standard InChI is InChI=1S/C12H24N2/c1-3-12-9(2)4-5-14(12)8-10-6-11(13)7-10/h9-12H,3-8,13H2,1-2H3. The van der Waals surface area contributed by atoms with Crippen molar-refractivity contribution in [1.82, 2.24) is 4.90 Å². The number of nitrogens with zero attached hydrogens (tertiary/aromatic N) is 1. The van der Waals surface area contributed by atoms with Gasteiger partial charge >= 0.3 is 0 Å². The first-order chi connectivity index (χ1) is 6.70. The third-order valence-corrected chi connectivity index (χ3v) is 4.18. The second-order valence-corrected chi connectivity index (χ2v) is 5.33. The van der Waals surface area contributed by atoms with Gasteiger partial charge in [-0.25, -0.2) is 0 Å². The lowest BCUT2D eigenvalue weighted by Gasteiger charge is -2.37. The molecule has 0 bridgehead atoms. The number of nitrogens with two attached hydrogens (primary N) is 1. The molecule has 1 aliphatic carbocycles. The highest BCUT2D eigenvalue weighted by Gasteiger charge is 2.34. The van der Waals surface area contributed by atoms with Gasteiger partial charge in [0.05, 0.1) is 0 Å². The molecule has 0 radical (unpaired) electrons. The van der Waals surface area contributed by atoms with E-state index in [0.29, 0.717) is 6.04 Å². The van der Waals surface area contributed by atoms with E-state index in [0.717, 1.165) is 17.9 Å². The zero-order chi connectivity index (χ0) is 10.1. The summed E-state index contributed by atoms with van der Waals surface area (Å²) in [6.07, 6.45) is 5.25. The second kappa shape index (κ2) is 4.19. The Kier molecular flexibility index (Phi) is 3.13. The molecule has 1 saturated heterocycles. The predicted molar refractivity (Wildman–Crippen MR) is 60.1 cm³/mol. The van der Waals surface area contributed by atoms with Crippen LogP contribution in [0.4, 0.5) is 0 Å². The van der Waals surface area contributed by atoms with Crippen LogP contribution in [0, 0.1) is 11.8 Å². The van der Waals surface area contributed by atoms with E-state index in [1.807, 2.05) is 0 Å². The Bertz CT molecular complexity index is 187. The Morgan fingerprint density at radius 2 is 2.07 bits per heavy atom. The van der Waals surface area contributed by atoms with Crippen LogP contribution in [0.15, 0.2) is 0 Å². The average Bonchev–Trinajstić information content (AvgIpc) is 2.44. The smallest absolute Gasteiger partial charge is 0.0119 e. The third-order valence-electron chi connectivity index (χ3n) is 4.18. The van der Waals surface area contributed by atoms with Gasteiger partial charge < -0.3 is 5.73 Å². The van der Waals surface area contributed by atoms with Gasteiger partial charge in [-0.1, -0.05) is 13.8 Å². The van der Waals surface area contributed by atoms with Gasteiger partial charge in [0.2, 0.25) is 0 Å². The lowest BCUT2D eigenvalue weighted by atomic mass is 9.80. The molecule has 2 atom stereocenters. The summed E-state index contributed by atoms with van der Waals surface area (Å²) in [4.78, 5) is 2.71. The molecule has 0 spiro atoms. The SMILES string of the molecule is CCC1C(C)CCN1CC1CC(N)C1. The summed E-state index contributed by atoms with van der Waals surface area (Å²) < 4.78 is 0. The maximum atomic E-state index is 5.82. The lowest BCUT2D eigenvalue weighted by Crippen LogP contribution is -2.44. The Labute approximate surface area is 87.8 Å². The van der Waals surface area contributed by atoms with Crippen molar-refractivity contribution in [3.05, 3.63) is 0 Å². The Morgan fingerprint density at radius 1 is 1.36 bits per heavy atom. The minimum Gasteiger partial charge on any atom is -0.328 e. The molecule has 2 aliphatic rings. The van der Waals surface area contributed by atoms with Gasteiger partial charge in [-0.2, -0.15) is 0 Å². The second-order valence-electron chi connectivity index (χ2n) is 5.33. The molecule has 1 saturated carbocycles. The average molecular weight is 196 g/mol. The molecule has 2 heteroatoms. The zero-order valence-corrected chi connectivity index (χ0v) is 9.58. The highest BCUT2D eigenvalue weighted by Crippen LogP contribution is 2.32. The molecule has 2 fully saturated rings. The molecule has 82 valence electrons. The fraction of sp³-hybridized carbons (Fsp3) is 1.00. The summed E-state index contributed by atoms with van der Waals surface area (Å²) in [5, 5.41) is 0. The van der Waals surface area contributed by atoms with Crippen LogP contribution in [0.1, 0.15) is 39.5 Å². The Morgan fingerprint density at radius 3 is 2.64 bits per heavy atom. The van der Waals surface area contributed by atoms with Crippen molar-refractivity contribution in [2.45, 2.75) is 51.6 Å². The quantitative estimate of drug-likeness (QED) is 0.746. The first-order valence-corrected chi connectivity index (χ1v) is 6.20.